The molecule has 2 aromatic rings. The molecule has 0 aliphatic carbocycles. The van der Waals surface area contributed by atoms with E-state index in [-0.39, 0.29) is 34.0 Å². The lowest BCUT2D eigenvalue weighted by atomic mass is 10.1. The lowest BCUT2D eigenvalue weighted by molar-refractivity contribution is -0.118. The quantitative estimate of drug-likeness (QED) is 0.402. The van der Waals surface area contributed by atoms with Gasteiger partial charge in [-0.1, -0.05) is 47.7 Å². The Labute approximate surface area is 186 Å². The second kappa shape index (κ2) is 8.03. The molecule has 1 amide bonds. The van der Waals surface area contributed by atoms with Crippen molar-refractivity contribution in [2.75, 3.05) is 11.9 Å². The smallest absolute Gasteiger partial charge is 0.280 e. The average Bonchev–Trinajstić information content (AvgIpc) is 3.21. The molecule has 32 heavy (non-hydrogen) atoms. The highest BCUT2D eigenvalue weighted by atomic mass is 28.3. The molecule has 1 aliphatic rings. The number of carbonyl (C=O) groups is 1. The maximum Gasteiger partial charge on any atom is 0.280 e. The van der Waals surface area contributed by atoms with Gasteiger partial charge in [-0.15, -0.1) is 0 Å². The van der Waals surface area contributed by atoms with Crippen molar-refractivity contribution in [2.24, 2.45) is 5.92 Å². The lowest BCUT2D eigenvalue weighted by Crippen LogP contribution is -2.69. The Morgan fingerprint density at radius 2 is 2.03 bits per heavy atom. The minimum absolute atomic E-state index is 0.00772. The molecule has 1 aliphatic heterocycles. The topological polar surface area (TPSA) is 163 Å². The average molecular weight is 468 g/mol. The fraction of sp³-hybridized carbons (Fsp3) is 0.700. The first-order valence-electron chi connectivity index (χ1n) is 10.6. The molecule has 5 N–H and O–H groups in total. The molecule has 12 heteroatoms. The Bertz CT molecular complexity index is 1070. The molecule has 0 radical (unpaired) electrons. The number of H-pyrrole nitrogens is 1. The van der Waals surface area contributed by atoms with E-state index in [1.807, 2.05) is 33.9 Å². The highest BCUT2D eigenvalue weighted by Gasteiger charge is 2.66. The molecule has 4 atom stereocenters. The van der Waals surface area contributed by atoms with E-state index in [0.717, 1.165) is 0 Å². The number of aliphatic hydroxyl groups is 3. The number of anilines is 1. The summed E-state index contributed by atoms with van der Waals surface area (Å²) in [5, 5.41) is 33.6. The molecule has 3 heterocycles. The van der Waals surface area contributed by atoms with E-state index in [1.165, 1.54) is 10.9 Å². The highest BCUT2D eigenvalue weighted by Crippen LogP contribution is 2.51. The van der Waals surface area contributed by atoms with Crippen LogP contribution < -0.4 is 10.9 Å². The van der Waals surface area contributed by atoms with E-state index in [0.29, 0.717) is 0 Å². The van der Waals surface area contributed by atoms with Gasteiger partial charge in [0, 0.05) is 5.92 Å². The fourth-order valence-corrected chi connectivity index (χ4v) is 7.01. The van der Waals surface area contributed by atoms with Crippen molar-refractivity contribution in [1.82, 2.24) is 19.5 Å². The van der Waals surface area contributed by atoms with E-state index in [1.54, 1.807) is 13.8 Å². The number of aromatic amines is 1. The van der Waals surface area contributed by atoms with Gasteiger partial charge in [-0.2, -0.15) is 4.98 Å². The van der Waals surface area contributed by atoms with Crippen LogP contribution in [0.15, 0.2) is 11.1 Å². The molecule has 0 bridgehead atoms. The van der Waals surface area contributed by atoms with Gasteiger partial charge in [-0.3, -0.25) is 24.5 Å². The number of nitrogens with zero attached hydrogens (tertiary/aromatic N) is 3. The van der Waals surface area contributed by atoms with Crippen molar-refractivity contribution < 1.29 is 24.9 Å². The van der Waals surface area contributed by atoms with Crippen molar-refractivity contribution in [1.29, 1.82) is 0 Å². The van der Waals surface area contributed by atoms with Gasteiger partial charge in [-0.05, 0) is 5.04 Å². The number of ether oxygens (including phenoxy) is 1. The zero-order valence-corrected chi connectivity index (χ0v) is 20.5. The monoisotopic (exact) mass is 467 g/mol. The molecule has 1 saturated heterocycles. The number of aliphatic hydroxyl groups excluding tert-OH is 2. The molecule has 0 saturated carbocycles. The van der Waals surface area contributed by atoms with Crippen LogP contribution in [0.5, 0.6) is 0 Å². The van der Waals surface area contributed by atoms with Gasteiger partial charge in [0.25, 0.3) is 5.56 Å². The molecule has 3 rings (SSSR count). The second-order valence-corrected chi connectivity index (χ2v) is 15.8. The zero-order valence-electron chi connectivity index (χ0n) is 19.5. The summed E-state index contributed by atoms with van der Waals surface area (Å²) in [5.74, 6) is -0.719. The van der Waals surface area contributed by atoms with Crippen molar-refractivity contribution in [3.8, 4) is 0 Å². The number of imidazole rings is 1. The summed E-state index contributed by atoms with van der Waals surface area (Å²) in [6.45, 7) is 12.8. The molecule has 0 unspecified atom stereocenters. The van der Waals surface area contributed by atoms with Crippen LogP contribution in [0.1, 0.15) is 40.8 Å². The van der Waals surface area contributed by atoms with Crippen molar-refractivity contribution >= 4 is 31.1 Å². The Balaban J connectivity index is 2.10. The Hall–Kier alpha value is -2.12. The molecule has 0 aromatic carbocycles. The number of amides is 1. The Morgan fingerprint density at radius 3 is 2.56 bits per heavy atom. The molecule has 178 valence electrons. The molecular formula is C20H33N5O6Si. The van der Waals surface area contributed by atoms with Gasteiger partial charge in [0.05, 0.1) is 21.0 Å². The Kier molecular flexibility index (Phi) is 6.15. The van der Waals surface area contributed by atoms with Crippen LogP contribution in [-0.2, 0) is 9.53 Å². The Morgan fingerprint density at radius 1 is 1.41 bits per heavy atom. The van der Waals surface area contributed by atoms with Gasteiger partial charge in [0.2, 0.25) is 11.9 Å². The van der Waals surface area contributed by atoms with Crippen LogP contribution in [0.3, 0.4) is 0 Å². The summed E-state index contributed by atoms with van der Waals surface area (Å²) in [7, 11) is -2.68. The van der Waals surface area contributed by atoms with Gasteiger partial charge in [-0.25, -0.2) is 4.98 Å². The van der Waals surface area contributed by atoms with Crippen LogP contribution in [0, 0.1) is 5.92 Å². The number of hydrogen-bond acceptors (Lipinski definition) is 8. The first-order chi connectivity index (χ1) is 14.7. The summed E-state index contributed by atoms with van der Waals surface area (Å²) in [4.78, 5) is 35.4. The van der Waals surface area contributed by atoms with E-state index < -0.39 is 43.9 Å². The molecule has 11 nitrogen and oxygen atoms in total. The maximum absolute atomic E-state index is 12.5. The summed E-state index contributed by atoms with van der Waals surface area (Å²) < 4.78 is 7.29. The first kappa shape index (κ1) is 24.5. The van der Waals surface area contributed by atoms with Crippen LogP contribution >= 0.6 is 0 Å². The first-order valence-corrected chi connectivity index (χ1v) is 13.6. The second-order valence-electron chi connectivity index (χ2n) is 10.2. The number of fused-ring (bicyclic) bond motifs is 1. The number of aromatic nitrogens is 4. The largest absolute Gasteiger partial charge is 0.394 e. The number of rotatable bonds is 5. The van der Waals surface area contributed by atoms with Crippen LogP contribution in [0.25, 0.3) is 11.2 Å². The molecule has 2 aromatic heterocycles. The third-order valence-corrected chi connectivity index (χ3v) is 13.4. The van der Waals surface area contributed by atoms with E-state index in [2.05, 4.69) is 20.3 Å². The SMILES string of the molecule is CC(C)C(=O)Nc1nc2c(ncn2[C@@H]2O[C@H](CO)[C@](O)([Si](C)(C)C(C)(C)C)[C@H]2O)c(=O)[nH]1. The maximum atomic E-state index is 12.5. The standard InChI is InChI=1S/C20H33N5O6Si/c1-10(2)15(28)23-18-22-14-12(16(29)24-18)21-9-25(14)17-13(27)20(30,11(8-26)31-17)32(6,7)19(3,4)5/h9-11,13,17,26-27,30H,8H2,1-7H3,(H2,22,23,24,28,29)/t11-,13+,17-,20+/m1/s1. The van der Waals surface area contributed by atoms with Crippen molar-refractivity contribution in [3.05, 3.63) is 16.7 Å². The summed E-state index contributed by atoms with van der Waals surface area (Å²) in [5.41, 5.74) is -0.502. The van der Waals surface area contributed by atoms with Gasteiger partial charge in [0.15, 0.2) is 17.4 Å². The normalized spacial score (nSPS) is 26.8. The molecule has 0 spiro atoms. The lowest BCUT2D eigenvalue weighted by Gasteiger charge is -2.50. The highest BCUT2D eigenvalue weighted by molar-refractivity contribution is 6.83. The van der Waals surface area contributed by atoms with Gasteiger partial charge >= 0.3 is 0 Å². The van der Waals surface area contributed by atoms with Crippen molar-refractivity contribution in [3.63, 3.8) is 0 Å². The minimum atomic E-state index is -2.68. The number of carbonyl (C=O) groups excluding carboxylic acids is 1. The summed E-state index contributed by atoms with van der Waals surface area (Å²) in [6.07, 6.45) is -2.30. The van der Waals surface area contributed by atoms with E-state index >= 15 is 0 Å². The predicted octanol–water partition coefficient (Wildman–Crippen LogP) is 0.743. The summed E-state index contributed by atoms with van der Waals surface area (Å²) in [6, 6.07) is 0. The summed E-state index contributed by atoms with van der Waals surface area (Å²) >= 11 is 0. The van der Waals surface area contributed by atoms with Crippen LogP contribution in [0.2, 0.25) is 18.1 Å². The third kappa shape index (κ3) is 3.59. The molecule has 1 fully saturated rings. The predicted molar refractivity (Wildman–Crippen MR) is 121 cm³/mol. The fourth-order valence-electron chi connectivity index (χ4n) is 3.96. The molecular weight excluding hydrogens is 434 g/mol. The van der Waals surface area contributed by atoms with Gasteiger partial charge < -0.3 is 20.1 Å². The third-order valence-electron chi connectivity index (χ3n) is 7.03. The number of nitrogens with one attached hydrogen (secondary N) is 2. The van der Waals surface area contributed by atoms with Crippen molar-refractivity contribution in [2.45, 2.75) is 76.4 Å². The van der Waals surface area contributed by atoms with E-state index in [9.17, 15) is 24.9 Å². The van der Waals surface area contributed by atoms with Crippen LogP contribution in [-0.4, -0.2) is 72.9 Å². The minimum Gasteiger partial charge on any atom is -0.394 e. The number of hydrogen-bond donors (Lipinski definition) is 5. The van der Waals surface area contributed by atoms with E-state index in [4.69, 9.17) is 4.74 Å². The van der Waals surface area contributed by atoms with Crippen LogP contribution in [0.4, 0.5) is 5.95 Å². The zero-order chi connectivity index (χ0) is 24.2. The van der Waals surface area contributed by atoms with Gasteiger partial charge in [0.1, 0.15) is 17.4 Å².